The van der Waals surface area contributed by atoms with Crippen LogP contribution in [0.2, 0.25) is 0 Å². The average Bonchev–Trinajstić information content (AvgIpc) is 2.69. The van der Waals surface area contributed by atoms with Crippen molar-refractivity contribution in [1.82, 2.24) is 0 Å². The van der Waals surface area contributed by atoms with Crippen LogP contribution < -0.4 is 0 Å². The van der Waals surface area contributed by atoms with Crippen LogP contribution in [0.3, 0.4) is 0 Å². The number of rotatable bonds is 6. The van der Waals surface area contributed by atoms with Gasteiger partial charge < -0.3 is 9.47 Å². The standard InChI is InChI=1S/C18H26O2/c1-5-7-9-10-11-13-15-17-16(14-12-8-6-2)19-18(3,4)20-17/h5,16-17H,1,6-8,12,14-15H2,2-4H3. The number of ether oxygens (including phenoxy) is 2. The lowest BCUT2D eigenvalue weighted by molar-refractivity contribution is -0.146. The molecule has 1 heterocycles. The van der Waals surface area contributed by atoms with Gasteiger partial charge in [-0.25, -0.2) is 0 Å². The lowest BCUT2D eigenvalue weighted by atomic mass is 10.0. The average molecular weight is 274 g/mol. The molecular formula is C18H26O2. The summed E-state index contributed by atoms with van der Waals surface area (Å²) in [5, 5.41) is 0. The summed E-state index contributed by atoms with van der Waals surface area (Å²) in [4.78, 5) is 0. The zero-order valence-electron chi connectivity index (χ0n) is 13.0. The first kappa shape index (κ1) is 16.8. The molecule has 0 aliphatic carbocycles. The van der Waals surface area contributed by atoms with Crippen LogP contribution in [0.4, 0.5) is 0 Å². The molecule has 0 amide bonds. The molecule has 1 aliphatic heterocycles. The van der Waals surface area contributed by atoms with Crippen molar-refractivity contribution < 1.29 is 9.47 Å². The highest BCUT2D eigenvalue weighted by molar-refractivity contribution is 5.26. The molecule has 1 rings (SSSR count). The van der Waals surface area contributed by atoms with E-state index in [0.29, 0.717) is 12.8 Å². The normalized spacial score (nSPS) is 23.4. The Bertz CT molecular complexity index is 414. The molecule has 0 N–H and O–H groups in total. The van der Waals surface area contributed by atoms with E-state index < -0.39 is 5.79 Å². The topological polar surface area (TPSA) is 18.5 Å². The van der Waals surface area contributed by atoms with Gasteiger partial charge in [-0.1, -0.05) is 44.1 Å². The minimum atomic E-state index is -0.488. The fourth-order valence-electron chi connectivity index (χ4n) is 2.29. The fraction of sp³-hybridized carbons (Fsp3) is 0.667. The van der Waals surface area contributed by atoms with E-state index in [4.69, 9.17) is 9.47 Å². The maximum absolute atomic E-state index is 5.96. The van der Waals surface area contributed by atoms with Gasteiger partial charge in [0.05, 0.1) is 12.2 Å². The van der Waals surface area contributed by atoms with Crippen molar-refractivity contribution in [3.63, 3.8) is 0 Å². The van der Waals surface area contributed by atoms with E-state index in [1.165, 1.54) is 19.3 Å². The first-order chi connectivity index (χ1) is 9.59. The largest absolute Gasteiger partial charge is 0.345 e. The van der Waals surface area contributed by atoms with Crippen LogP contribution in [0, 0.1) is 23.7 Å². The monoisotopic (exact) mass is 274 g/mol. The van der Waals surface area contributed by atoms with Gasteiger partial charge >= 0.3 is 0 Å². The van der Waals surface area contributed by atoms with Crippen LogP contribution in [0.25, 0.3) is 0 Å². The molecule has 1 saturated heterocycles. The van der Waals surface area contributed by atoms with Crippen LogP contribution in [0.5, 0.6) is 0 Å². The van der Waals surface area contributed by atoms with Crippen molar-refractivity contribution >= 4 is 0 Å². The van der Waals surface area contributed by atoms with E-state index in [9.17, 15) is 0 Å². The maximum atomic E-state index is 5.96. The van der Waals surface area contributed by atoms with Gasteiger partial charge in [0.25, 0.3) is 0 Å². The third kappa shape index (κ3) is 6.29. The number of hydrogen-bond donors (Lipinski definition) is 0. The van der Waals surface area contributed by atoms with E-state index >= 15 is 0 Å². The first-order valence-corrected chi connectivity index (χ1v) is 7.51. The summed E-state index contributed by atoms with van der Waals surface area (Å²) in [6.07, 6.45) is 8.06. The van der Waals surface area contributed by atoms with Gasteiger partial charge in [0.1, 0.15) is 0 Å². The fourth-order valence-corrected chi connectivity index (χ4v) is 2.29. The third-order valence-electron chi connectivity index (χ3n) is 3.17. The molecule has 2 heteroatoms. The Balaban J connectivity index is 2.48. The summed E-state index contributed by atoms with van der Waals surface area (Å²) in [5.74, 6) is 11.2. The summed E-state index contributed by atoms with van der Waals surface area (Å²) in [6.45, 7) is 9.76. The quantitative estimate of drug-likeness (QED) is 0.413. The number of allylic oxidation sites excluding steroid dienone is 1. The predicted molar refractivity (Wildman–Crippen MR) is 83.0 cm³/mol. The first-order valence-electron chi connectivity index (χ1n) is 7.51. The van der Waals surface area contributed by atoms with Gasteiger partial charge in [-0.3, -0.25) is 0 Å². The van der Waals surface area contributed by atoms with Crippen LogP contribution in [0.1, 0.15) is 59.3 Å². The molecule has 0 aromatic rings. The van der Waals surface area contributed by atoms with Crippen LogP contribution in [-0.2, 0) is 9.47 Å². The van der Waals surface area contributed by atoms with E-state index in [2.05, 4.69) is 37.2 Å². The smallest absolute Gasteiger partial charge is 0.163 e. The van der Waals surface area contributed by atoms with E-state index in [-0.39, 0.29) is 12.2 Å². The summed E-state index contributed by atoms with van der Waals surface area (Å²) >= 11 is 0. The highest BCUT2D eigenvalue weighted by Crippen LogP contribution is 2.32. The zero-order chi connectivity index (χ0) is 14.8. The van der Waals surface area contributed by atoms with Crippen LogP contribution >= 0.6 is 0 Å². The van der Waals surface area contributed by atoms with Crippen molar-refractivity contribution in [2.24, 2.45) is 0 Å². The molecule has 20 heavy (non-hydrogen) atoms. The summed E-state index contributed by atoms with van der Waals surface area (Å²) in [6, 6.07) is 0. The molecule has 2 unspecified atom stereocenters. The molecular weight excluding hydrogens is 248 g/mol. The summed E-state index contributed by atoms with van der Waals surface area (Å²) in [5.41, 5.74) is 0. The molecule has 0 bridgehead atoms. The molecule has 110 valence electrons. The second-order valence-electron chi connectivity index (χ2n) is 5.51. The molecule has 2 atom stereocenters. The van der Waals surface area contributed by atoms with Crippen molar-refractivity contribution in [1.29, 1.82) is 0 Å². The third-order valence-corrected chi connectivity index (χ3v) is 3.17. The molecule has 0 aromatic heterocycles. The molecule has 1 fully saturated rings. The predicted octanol–water partition coefficient (Wildman–Crippen LogP) is 4.06. The number of unbranched alkanes of at least 4 members (excludes halogenated alkanes) is 2. The van der Waals surface area contributed by atoms with E-state index in [1.54, 1.807) is 6.08 Å². The van der Waals surface area contributed by atoms with E-state index in [0.717, 1.165) is 6.42 Å². The Morgan fingerprint density at radius 3 is 2.50 bits per heavy atom. The second-order valence-corrected chi connectivity index (χ2v) is 5.51. The lowest BCUT2D eigenvalue weighted by Gasteiger charge is -2.16. The van der Waals surface area contributed by atoms with Gasteiger partial charge in [0, 0.05) is 12.8 Å². The Hall–Kier alpha value is -1.22. The van der Waals surface area contributed by atoms with Crippen LogP contribution in [0.15, 0.2) is 12.7 Å². The molecule has 0 saturated carbocycles. The SMILES string of the molecule is C=CCC#CC#CCC1OC(C)(C)OC1CCCCC. The number of hydrogen-bond acceptors (Lipinski definition) is 2. The van der Waals surface area contributed by atoms with Crippen molar-refractivity contribution in [2.45, 2.75) is 77.3 Å². The maximum Gasteiger partial charge on any atom is 0.163 e. The molecule has 0 aromatic carbocycles. The molecule has 0 spiro atoms. The van der Waals surface area contributed by atoms with E-state index in [1.807, 2.05) is 13.8 Å². The highest BCUT2D eigenvalue weighted by Gasteiger charge is 2.40. The van der Waals surface area contributed by atoms with Gasteiger partial charge in [-0.15, -0.1) is 6.58 Å². The van der Waals surface area contributed by atoms with Gasteiger partial charge in [-0.2, -0.15) is 0 Å². The van der Waals surface area contributed by atoms with Crippen molar-refractivity contribution in [2.75, 3.05) is 0 Å². The second kappa shape index (κ2) is 8.85. The minimum absolute atomic E-state index is 0.0653. The van der Waals surface area contributed by atoms with Gasteiger partial charge in [0.2, 0.25) is 0 Å². The van der Waals surface area contributed by atoms with Gasteiger partial charge in [0.15, 0.2) is 5.79 Å². The van der Waals surface area contributed by atoms with Crippen LogP contribution in [-0.4, -0.2) is 18.0 Å². The summed E-state index contributed by atoms with van der Waals surface area (Å²) < 4.78 is 11.9. The Kier molecular flexibility index (Phi) is 7.45. The Labute approximate surface area is 123 Å². The Morgan fingerprint density at radius 1 is 1.10 bits per heavy atom. The molecule has 1 aliphatic rings. The zero-order valence-corrected chi connectivity index (χ0v) is 13.0. The Morgan fingerprint density at radius 2 is 1.80 bits per heavy atom. The highest BCUT2D eigenvalue weighted by atomic mass is 16.7. The minimum Gasteiger partial charge on any atom is -0.345 e. The molecule has 2 nitrogen and oxygen atoms in total. The van der Waals surface area contributed by atoms with Crippen molar-refractivity contribution in [3.8, 4) is 23.7 Å². The molecule has 0 radical (unpaired) electrons. The van der Waals surface area contributed by atoms with Crippen molar-refractivity contribution in [3.05, 3.63) is 12.7 Å². The lowest BCUT2D eigenvalue weighted by Crippen LogP contribution is -2.21. The summed E-state index contributed by atoms with van der Waals surface area (Å²) in [7, 11) is 0. The van der Waals surface area contributed by atoms with Gasteiger partial charge in [-0.05, 0) is 32.1 Å².